The second-order valence-electron chi connectivity index (χ2n) is 2.13. The van der Waals surface area contributed by atoms with E-state index < -0.39 is 0 Å². The number of allylic oxidation sites excluding steroid dienone is 4. The van der Waals surface area contributed by atoms with Crippen LogP contribution in [0.3, 0.4) is 0 Å². The average Bonchev–Trinajstić information content (AvgIpc) is 1.87. The molecule has 0 nitrogen and oxygen atoms in total. The number of rotatable bonds is 0. The van der Waals surface area contributed by atoms with Crippen LogP contribution in [0.25, 0.3) is 0 Å². The first-order chi connectivity index (χ1) is 3.29. The molecule has 0 fully saturated rings. The molecular formula is C7H10Zr. The molecule has 0 bridgehead atoms. The Morgan fingerprint density at radius 1 is 1.50 bits per heavy atom. The van der Waals surface area contributed by atoms with Crippen LogP contribution in [0.1, 0.15) is 13.8 Å². The van der Waals surface area contributed by atoms with E-state index in [1.807, 2.05) is 0 Å². The van der Waals surface area contributed by atoms with Crippen LogP contribution < -0.4 is 0 Å². The van der Waals surface area contributed by atoms with Gasteiger partial charge in [0.25, 0.3) is 0 Å². The van der Waals surface area contributed by atoms with E-state index in [-0.39, 0.29) is 26.2 Å². The molecular weight excluding hydrogens is 175 g/mol. The second-order valence-corrected chi connectivity index (χ2v) is 2.13. The zero-order chi connectivity index (χ0) is 5.28. The van der Waals surface area contributed by atoms with E-state index in [0.717, 1.165) is 0 Å². The van der Waals surface area contributed by atoms with Crippen molar-refractivity contribution in [3.8, 4) is 0 Å². The van der Waals surface area contributed by atoms with Crippen molar-refractivity contribution in [2.75, 3.05) is 0 Å². The number of hydrogen-bond donors (Lipinski definition) is 0. The molecule has 42 valence electrons. The van der Waals surface area contributed by atoms with E-state index in [4.69, 9.17) is 0 Å². The molecule has 1 atom stereocenters. The van der Waals surface area contributed by atoms with Crippen LogP contribution in [0.2, 0.25) is 0 Å². The van der Waals surface area contributed by atoms with Gasteiger partial charge in [0.05, 0.1) is 0 Å². The zero-order valence-corrected chi connectivity index (χ0v) is 7.77. The van der Waals surface area contributed by atoms with Gasteiger partial charge in [0.15, 0.2) is 0 Å². The molecule has 0 aromatic rings. The molecule has 0 heterocycles. The Kier molecular flexibility index (Phi) is 3.55. The Morgan fingerprint density at radius 3 is 2.25 bits per heavy atom. The van der Waals surface area contributed by atoms with E-state index in [9.17, 15) is 0 Å². The van der Waals surface area contributed by atoms with Gasteiger partial charge in [-0.1, -0.05) is 30.7 Å². The predicted molar refractivity (Wildman–Crippen MR) is 32.1 cm³/mol. The third kappa shape index (κ3) is 2.09. The molecule has 8 heavy (non-hydrogen) atoms. The van der Waals surface area contributed by atoms with Crippen LogP contribution in [0, 0.1) is 5.92 Å². The van der Waals surface area contributed by atoms with Gasteiger partial charge in [0.1, 0.15) is 0 Å². The minimum atomic E-state index is 0. The van der Waals surface area contributed by atoms with Crippen molar-refractivity contribution in [2.24, 2.45) is 5.92 Å². The van der Waals surface area contributed by atoms with Crippen molar-refractivity contribution in [1.29, 1.82) is 0 Å². The molecule has 0 saturated carbocycles. The second kappa shape index (κ2) is 3.40. The Labute approximate surface area is 69.8 Å². The maximum absolute atomic E-state index is 2.25. The summed E-state index contributed by atoms with van der Waals surface area (Å²) in [5.74, 6) is 0.681. The van der Waals surface area contributed by atoms with E-state index in [0.29, 0.717) is 5.92 Å². The Hall–Kier alpha value is 0.363. The molecule has 1 unspecified atom stereocenters. The smallest absolute Gasteiger partial charge is 0 e. The molecule has 1 aliphatic rings. The normalized spacial score (nSPS) is 24.8. The molecule has 0 aliphatic heterocycles. The Balaban J connectivity index is 0.000000490. The van der Waals surface area contributed by atoms with Crippen LogP contribution >= 0.6 is 0 Å². The van der Waals surface area contributed by atoms with Crippen LogP contribution in [-0.4, -0.2) is 0 Å². The summed E-state index contributed by atoms with van der Waals surface area (Å²) in [6.07, 6.45) is 6.61. The predicted octanol–water partition coefficient (Wildman–Crippen LogP) is 2.14. The van der Waals surface area contributed by atoms with Gasteiger partial charge in [-0.15, -0.1) is 0 Å². The summed E-state index contributed by atoms with van der Waals surface area (Å²) in [5, 5.41) is 0. The summed E-state index contributed by atoms with van der Waals surface area (Å²) >= 11 is 0. The van der Waals surface area contributed by atoms with Crippen LogP contribution in [0.5, 0.6) is 0 Å². The summed E-state index contributed by atoms with van der Waals surface area (Å²) in [5.41, 5.74) is 1.40. The van der Waals surface area contributed by atoms with Gasteiger partial charge in [-0.3, -0.25) is 0 Å². The molecule has 0 saturated heterocycles. The van der Waals surface area contributed by atoms with E-state index >= 15 is 0 Å². The van der Waals surface area contributed by atoms with E-state index in [1.165, 1.54) is 5.57 Å². The summed E-state index contributed by atoms with van der Waals surface area (Å²) in [6, 6.07) is 0. The fourth-order valence-corrected chi connectivity index (χ4v) is 0.829. The molecule has 0 spiro atoms. The summed E-state index contributed by atoms with van der Waals surface area (Å²) in [7, 11) is 0. The molecule has 0 aromatic carbocycles. The first-order valence-corrected chi connectivity index (χ1v) is 2.65. The van der Waals surface area contributed by atoms with Gasteiger partial charge in [-0.2, -0.15) is 0 Å². The average molecular weight is 185 g/mol. The van der Waals surface area contributed by atoms with Gasteiger partial charge >= 0.3 is 0 Å². The fourth-order valence-electron chi connectivity index (χ4n) is 0.829. The molecule has 0 amide bonds. The zero-order valence-electron chi connectivity index (χ0n) is 5.31. The Morgan fingerprint density at radius 2 is 2.12 bits per heavy atom. The largest absolute Gasteiger partial charge is 0.0776 e. The third-order valence-electron chi connectivity index (χ3n) is 1.19. The first-order valence-electron chi connectivity index (χ1n) is 2.65. The van der Waals surface area contributed by atoms with Gasteiger partial charge in [0.2, 0.25) is 0 Å². The molecule has 0 aromatic heterocycles. The van der Waals surface area contributed by atoms with Gasteiger partial charge in [0, 0.05) is 26.2 Å². The maximum atomic E-state index is 2.25. The van der Waals surface area contributed by atoms with E-state index in [2.05, 4.69) is 32.1 Å². The minimum absolute atomic E-state index is 0. The van der Waals surface area contributed by atoms with Gasteiger partial charge in [-0.25, -0.2) is 0 Å². The van der Waals surface area contributed by atoms with Gasteiger partial charge < -0.3 is 0 Å². The van der Waals surface area contributed by atoms with Crippen molar-refractivity contribution < 1.29 is 26.2 Å². The molecule has 1 rings (SSSR count). The first kappa shape index (κ1) is 8.36. The Bertz CT molecular complexity index is 122. The van der Waals surface area contributed by atoms with Crippen molar-refractivity contribution >= 4 is 0 Å². The third-order valence-corrected chi connectivity index (χ3v) is 1.19. The molecule has 1 heteroatoms. The van der Waals surface area contributed by atoms with Crippen LogP contribution in [0.15, 0.2) is 23.8 Å². The quantitative estimate of drug-likeness (QED) is 0.542. The van der Waals surface area contributed by atoms with Crippen molar-refractivity contribution in [3.05, 3.63) is 23.8 Å². The SMILES string of the molecule is CC1=CC(C)C=C1.[Zr]. The maximum Gasteiger partial charge on any atom is 0 e. The summed E-state index contributed by atoms with van der Waals surface area (Å²) < 4.78 is 0. The van der Waals surface area contributed by atoms with Crippen molar-refractivity contribution in [2.45, 2.75) is 13.8 Å². The fraction of sp³-hybridized carbons (Fsp3) is 0.429. The van der Waals surface area contributed by atoms with Gasteiger partial charge in [-0.05, 0) is 12.8 Å². The summed E-state index contributed by atoms with van der Waals surface area (Å²) in [6.45, 7) is 4.31. The van der Waals surface area contributed by atoms with Crippen LogP contribution in [-0.2, 0) is 26.2 Å². The standard InChI is InChI=1S/C7H10.Zr/c1-6-3-4-7(2)5-6;/h3-6H,1-2H3;. The van der Waals surface area contributed by atoms with Crippen LogP contribution in [0.4, 0.5) is 0 Å². The number of hydrogen-bond acceptors (Lipinski definition) is 0. The molecule has 0 N–H and O–H groups in total. The molecule has 1 aliphatic carbocycles. The van der Waals surface area contributed by atoms with Crippen molar-refractivity contribution in [1.82, 2.24) is 0 Å². The summed E-state index contributed by atoms with van der Waals surface area (Å²) in [4.78, 5) is 0. The minimum Gasteiger partial charge on any atom is -0.0776 e. The van der Waals surface area contributed by atoms with Crippen molar-refractivity contribution in [3.63, 3.8) is 0 Å². The molecule has 0 radical (unpaired) electrons. The topological polar surface area (TPSA) is 0 Å². The monoisotopic (exact) mass is 184 g/mol. The van der Waals surface area contributed by atoms with E-state index in [1.54, 1.807) is 0 Å².